The molecule has 0 saturated carbocycles. The van der Waals surface area contributed by atoms with Gasteiger partial charge >= 0.3 is 6.03 Å². The molecule has 3 heteroatoms. The molecule has 0 aliphatic carbocycles. The molecule has 0 rings (SSSR count). The molecule has 0 saturated heterocycles. The van der Waals surface area contributed by atoms with Crippen molar-refractivity contribution in [2.45, 2.75) is 193 Å². The van der Waals surface area contributed by atoms with Crippen molar-refractivity contribution in [2.24, 2.45) is 5.73 Å². The van der Waals surface area contributed by atoms with E-state index in [1.54, 1.807) is 0 Å². The van der Waals surface area contributed by atoms with Gasteiger partial charge in [0.15, 0.2) is 0 Å². The molecule has 0 aromatic rings. The molecule has 0 radical (unpaired) electrons. The summed E-state index contributed by atoms with van der Waals surface area (Å²) < 4.78 is 0. The van der Waals surface area contributed by atoms with E-state index in [0.29, 0.717) is 0 Å². The minimum atomic E-state index is -0.350. The van der Waals surface area contributed by atoms with E-state index in [1.807, 2.05) is 0 Å². The summed E-state index contributed by atoms with van der Waals surface area (Å²) in [6.07, 6.45) is 36.7. The SMILES string of the molecule is CCCCCCCCCCCCCCCCCCC(CCCCCCCCCCC)NC(N)=O. The predicted octanol–water partition coefficient (Wildman–Crippen LogP) is 10.6. The molecular formula is C31H64N2O. The standard InChI is InChI=1S/C31H64N2O/c1-3-5-7-9-11-13-14-15-16-17-18-19-21-23-25-27-29-30(33-31(32)34)28-26-24-22-20-12-10-8-6-4-2/h30H,3-29H2,1-2H3,(H3,32,33,34). The Balaban J connectivity index is 3.47. The highest BCUT2D eigenvalue weighted by Gasteiger charge is 2.09. The number of hydrogen-bond acceptors (Lipinski definition) is 1. The lowest BCUT2D eigenvalue weighted by molar-refractivity contribution is 0.243. The van der Waals surface area contributed by atoms with Crippen molar-refractivity contribution in [1.29, 1.82) is 0 Å². The van der Waals surface area contributed by atoms with Gasteiger partial charge in [-0.25, -0.2) is 4.79 Å². The molecule has 3 nitrogen and oxygen atoms in total. The molecule has 3 N–H and O–H groups in total. The highest BCUT2D eigenvalue weighted by molar-refractivity contribution is 5.71. The van der Waals surface area contributed by atoms with Gasteiger partial charge in [0.25, 0.3) is 0 Å². The highest BCUT2D eigenvalue weighted by Crippen LogP contribution is 2.16. The van der Waals surface area contributed by atoms with Gasteiger partial charge in [-0.05, 0) is 12.8 Å². The van der Waals surface area contributed by atoms with E-state index < -0.39 is 0 Å². The van der Waals surface area contributed by atoms with Crippen LogP contribution in [0.15, 0.2) is 0 Å². The van der Waals surface area contributed by atoms with Gasteiger partial charge < -0.3 is 11.1 Å². The summed E-state index contributed by atoms with van der Waals surface area (Å²) in [4.78, 5) is 11.4. The Bertz CT molecular complexity index is 399. The summed E-state index contributed by atoms with van der Waals surface area (Å²) in [6.45, 7) is 4.57. The highest BCUT2D eigenvalue weighted by atomic mass is 16.2. The van der Waals surface area contributed by atoms with Crippen LogP contribution in [0.3, 0.4) is 0 Å². The van der Waals surface area contributed by atoms with Crippen LogP contribution in [0.5, 0.6) is 0 Å². The Hall–Kier alpha value is -0.730. The average Bonchev–Trinajstić information content (AvgIpc) is 2.82. The van der Waals surface area contributed by atoms with Gasteiger partial charge in [-0.15, -0.1) is 0 Å². The fourth-order valence-electron chi connectivity index (χ4n) is 5.13. The van der Waals surface area contributed by atoms with E-state index in [-0.39, 0.29) is 12.1 Å². The lowest BCUT2D eigenvalue weighted by Gasteiger charge is -2.17. The zero-order valence-corrected chi connectivity index (χ0v) is 23.7. The molecule has 0 bridgehead atoms. The van der Waals surface area contributed by atoms with E-state index in [2.05, 4.69) is 19.2 Å². The maximum absolute atomic E-state index is 11.4. The van der Waals surface area contributed by atoms with Gasteiger partial charge in [-0.2, -0.15) is 0 Å². The number of nitrogens with one attached hydrogen (secondary N) is 1. The van der Waals surface area contributed by atoms with E-state index in [9.17, 15) is 4.79 Å². The zero-order chi connectivity index (χ0) is 25.0. The number of primary amides is 1. The van der Waals surface area contributed by atoms with Crippen LogP contribution in [-0.2, 0) is 0 Å². The van der Waals surface area contributed by atoms with Crippen molar-refractivity contribution in [3.8, 4) is 0 Å². The Kier molecular flexibility index (Phi) is 27.9. The molecule has 1 atom stereocenters. The first-order chi connectivity index (χ1) is 16.7. The third-order valence-corrected chi connectivity index (χ3v) is 7.41. The van der Waals surface area contributed by atoms with Crippen LogP contribution < -0.4 is 11.1 Å². The Morgan fingerprint density at radius 2 is 0.706 bits per heavy atom. The third kappa shape index (κ3) is 27.5. The maximum atomic E-state index is 11.4. The zero-order valence-electron chi connectivity index (χ0n) is 23.7. The van der Waals surface area contributed by atoms with E-state index >= 15 is 0 Å². The number of amides is 2. The summed E-state index contributed by atoms with van der Waals surface area (Å²) in [5, 5.41) is 3.00. The van der Waals surface area contributed by atoms with Gasteiger partial charge in [0, 0.05) is 6.04 Å². The van der Waals surface area contributed by atoms with Crippen LogP contribution in [0.25, 0.3) is 0 Å². The minimum absolute atomic E-state index is 0.286. The fourth-order valence-corrected chi connectivity index (χ4v) is 5.13. The molecule has 0 aliphatic heterocycles. The monoisotopic (exact) mass is 481 g/mol. The van der Waals surface area contributed by atoms with Gasteiger partial charge in [0.2, 0.25) is 0 Å². The van der Waals surface area contributed by atoms with Crippen LogP contribution in [0, 0.1) is 0 Å². The molecule has 1 unspecified atom stereocenters. The first-order valence-corrected chi connectivity index (χ1v) is 15.8. The van der Waals surface area contributed by atoms with Crippen LogP contribution in [0.2, 0.25) is 0 Å². The first-order valence-electron chi connectivity index (χ1n) is 15.8. The number of hydrogen-bond donors (Lipinski definition) is 2. The van der Waals surface area contributed by atoms with Crippen molar-refractivity contribution in [3.05, 3.63) is 0 Å². The van der Waals surface area contributed by atoms with Gasteiger partial charge in [0.05, 0.1) is 0 Å². The molecule has 0 aromatic heterocycles. The summed E-state index contributed by atoms with van der Waals surface area (Å²) >= 11 is 0. The lowest BCUT2D eigenvalue weighted by atomic mass is 9.99. The number of urea groups is 1. The molecule has 204 valence electrons. The van der Waals surface area contributed by atoms with Crippen molar-refractivity contribution in [3.63, 3.8) is 0 Å². The van der Waals surface area contributed by atoms with Gasteiger partial charge in [-0.3, -0.25) is 0 Å². The molecule has 0 spiro atoms. The Labute approximate surface area is 215 Å². The van der Waals surface area contributed by atoms with Gasteiger partial charge in [0.1, 0.15) is 0 Å². The summed E-state index contributed by atoms with van der Waals surface area (Å²) in [7, 11) is 0. The normalized spacial score (nSPS) is 12.2. The van der Waals surface area contributed by atoms with Crippen molar-refractivity contribution < 1.29 is 4.79 Å². The van der Waals surface area contributed by atoms with E-state index in [4.69, 9.17) is 5.73 Å². The Morgan fingerprint density at radius 1 is 0.471 bits per heavy atom. The fraction of sp³-hybridized carbons (Fsp3) is 0.968. The predicted molar refractivity (Wildman–Crippen MR) is 153 cm³/mol. The number of carbonyl (C=O) groups is 1. The molecule has 0 aliphatic rings. The van der Waals surface area contributed by atoms with Crippen molar-refractivity contribution in [2.75, 3.05) is 0 Å². The molecule has 0 heterocycles. The third-order valence-electron chi connectivity index (χ3n) is 7.41. The average molecular weight is 481 g/mol. The van der Waals surface area contributed by atoms with E-state index in [0.717, 1.165) is 12.8 Å². The summed E-state index contributed by atoms with van der Waals surface area (Å²) in [5.74, 6) is 0. The molecule has 0 aromatic carbocycles. The second-order valence-electron chi connectivity index (χ2n) is 10.9. The number of unbranched alkanes of at least 4 members (excludes halogenated alkanes) is 23. The van der Waals surface area contributed by atoms with Crippen LogP contribution in [-0.4, -0.2) is 12.1 Å². The summed E-state index contributed by atoms with van der Waals surface area (Å²) in [6, 6.07) is -0.0638. The quantitative estimate of drug-likeness (QED) is 0.107. The molecule has 2 amide bonds. The van der Waals surface area contributed by atoms with E-state index in [1.165, 1.54) is 161 Å². The second-order valence-corrected chi connectivity index (χ2v) is 10.9. The van der Waals surface area contributed by atoms with Crippen LogP contribution >= 0.6 is 0 Å². The van der Waals surface area contributed by atoms with Crippen molar-refractivity contribution >= 4 is 6.03 Å². The number of rotatable bonds is 28. The van der Waals surface area contributed by atoms with Crippen LogP contribution in [0.1, 0.15) is 187 Å². The molecular weight excluding hydrogens is 416 g/mol. The number of carbonyl (C=O) groups excluding carboxylic acids is 1. The first kappa shape index (κ1) is 33.3. The largest absolute Gasteiger partial charge is 0.352 e. The second kappa shape index (κ2) is 28.5. The minimum Gasteiger partial charge on any atom is -0.352 e. The molecule has 34 heavy (non-hydrogen) atoms. The Morgan fingerprint density at radius 3 is 0.941 bits per heavy atom. The maximum Gasteiger partial charge on any atom is 0.312 e. The summed E-state index contributed by atoms with van der Waals surface area (Å²) in [5.41, 5.74) is 5.41. The van der Waals surface area contributed by atoms with Crippen molar-refractivity contribution in [1.82, 2.24) is 5.32 Å². The van der Waals surface area contributed by atoms with Gasteiger partial charge in [-0.1, -0.05) is 174 Å². The van der Waals surface area contributed by atoms with Crippen LogP contribution in [0.4, 0.5) is 4.79 Å². The molecule has 0 fully saturated rings. The topological polar surface area (TPSA) is 55.1 Å². The smallest absolute Gasteiger partial charge is 0.312 e. The number of nitrogens with two attached hydrogens (primary N) is 1. The lowest BCUT2D eigenvalue weighted by Crippen LogP contribution is -2.38.